The van der Waals surface area contributed by atoms with Crippen LogP contribution in [0.25, 0.3) is 0 Å². The summed E-state index contributed by atoms with van der Waals surface area (Å²) in [4.78, 5) is 12.5. The predicted octanol–water partition coefficient (Wildman–Crippen LogP) is 3.30. The number of halogens is 1. The maximum Gasteiger partial charge on any atom is 0.244 e. The van der Waals surface area contributed by atoms with Crippen LogP contribution in [-0.2, 0) is 4.79 Å². The molecule has 1 aromatic carbocycles. The number of carbonyl (C=O) groups is 1. The number of ether oxygens (including phenoxy) is 1. The minimum atomic E-state index is -0.757. The average molecular weight is 341 g/mol. The fourth-order valence-corrected chi connectivity index (χ4v) is 3.28. The van der Waals surface area contributed by atoms with Gasteiger partial charge in [-0.05, 0) is 30.9 Å². The maximum atomic E-state index is 12.5. The normalized spacial score (nSPS) is 26.1. The predicted molar refractivity (Wildman–Crippen MR) is 83.9 cm³/mol. The van der Waals surface area contributed by atoms with Crippen LogP contribution in [0.5, 0.6) is 5.75 Å². The van der Waals surface area contributed by atoms with Crippen molar-refractivity contribution < 1.29 is 9.53 Å². The minimum absolute atomic E-state index is 0.107. The molecule has 0 aliphatic heterocycles. The standard InChI is InChI=1S/C15H21BrN2O2/c1-10-4-3-5-15(17,9-10)14(19)18-12-6-11(16)7-13(8-12)20-2/h6-8,10H,3-5,9,17H2,1-2H3,(H,18,19). The first-order valence-corrected chi connectivity index (χ1v) is 7.67. The van der Waals surface area contributed by atoms with Gasteiger partial charge in [0.1, 0.15) is 5.75 Å². The van der Waals surface area contributed by atoms with Crippen molar-refractivity contribution >= 4 is 27.5 Å². The highest BCUT2D eigenvalue weighted by atomic mass is 79.9. The van der Waals surface area contributed by atoms with Gasteiger partial charge in [0.15, 0.2) is 0 Å². The highest BCUT2D eigenvalue weighted by Gasteiger charge is 2.37. The minimum Gasteiger partial charge on any atom is -0.497 e. The third-order valence-corrected chi connectivity index (χ3v) is 4.31. The molecule has 2 atom stereocenters. The summed E-state index contributed by atoms with van der Waals surface area (Å²) in [6.07, 6.45) is 3.64. The molecule has 4 nitrogen and oxygen atoms in total. The topological polar surface area (TPSA) is 64.3 Å². The van der Waals surface area contributed by atoms with E-state index in [1.54, 1.807) is 13.2 Å². The van der Waals surface area contributed by atoms with Gasteiger partial charge in [-0.3, -0.25) is 4.79 Å². The van der Waals surface area contributed by atoms with Crippen molar-refractivity contribution in [3.8, 4) is 5.75 Å². The third kappa shape index (κ3) is 3.52. The van der Waals surface area contributed by atoms with Crippen molar-refractivity contribution in [1.82, 2.24) is 0 Å². The molecule has 110 valence electrons. The summed E-state index contributed by atoms with van der Waals surface area (Å²) in [5.74, 6) is 1.08. The molecule has 1 amide bonds. The second kappa shape index (κ2) is 6.14. The summed E-state index contributed by atoms with van der Waals surface area (Å²) in [5, 5.41) is 2.91. The molecular formula is C15H21BrN2O2. The molecular weight excluding hydrogens is 320 g/mol. The Morgan fingerprint density at radius 2 is 2.25 bits per heavy atom. The van der Waals surface area contributed by atoms with Gasteiger partial charge in [0.05, 0.1) is 12.6 Å². The monoisotopic (exact) mass is 340 g/mol. The fourth-order valence-electron chi connectivity index (χ4n) is 2.81. The zero-order chi connectivity index (χ0) is 14.8. The summed E-state index contributed by atoms with van der Waals surface area (Å²) in [6.45, 7) is 2.15. The Labute approximate surface area is 128 Å². The summed E-state index contributed by atoms with van der Waals surface area (Å²) in [6, 6.07) is 5.48. The Kier molecular flexibility index (Phi) is 4.70. The molecule has 1 aromatic rings. The SMILES string of the molecule is COc1cc(Br)cc(NC(=O)C2(N)CCCC(C)C2)c1. The molecule has 1 aliphatic carbocycles. The van der Waals surface area contributed by atoms with E-state index in [2.05, 4.69) is 28.2 Å². The van der Waals surface area contributed by atoms with E-state index >= 15 is 0 Å². The number of nitrogens with two attached hydrogens (primary N) is 1. The van der Waals surface area contributed by atoms with Crippen LogP contribution < -0.4 is 15.8 Å². The van der Waals surface area contributed by atoms with Gasteiger partial charge in [-0.2, -0.15) is 0 Å². The van der Waals surface area contributed by atoms with Gasteiger partial charge in [-0.25, -0.2) is 0 Å². The molecule has 1 saturated carbocycles. The van der Waals surface area contributed by atoms with Crippen LogP contribution in [0.3, 0.4) is 0 Å². The van der Waals surface area contributed by atoms with Gasteiger partial charge in [-0.1, -0.05) is 35.7 Å². The third-order valence-electron chi connectivity index (χ3n) is 3.85. The second-order valence-electron chi connectivity index (χ2n) is 5.69. The van der Waals surface area contributed by atoms with Gasteiger partial charge in [0, 0.05) is 16.2 Å². The van der Waals surface area contributed by atoms with Crippen molar-refractivity contribution in [2.75, 3.05) is 12.4 Å². The Bertz CT molecular complexity index is 507. The first kappa shape index (κ1) is 15.3. The van der Waals surface area contributed by atoms with Crippen molar-refractivity contribution in [2.24, 2.45) is 11.7 Å². The smallest absolute Gasteiger partial charge is 0.244 e. The summed E-state index contributed by atoms with van der Waals surface area (Å²) in [5.41, 5.74) is 6.24. The zero-order valence-electron chi connectivity index (χ0n) is 11.9. The molecule has 1 aliphatic rings. The molecule has 5 heteroatoms. The lowest BCUT2D eigenvalue weighted by molar-refractivity contribution is -0.122. The number of nitrogens with one attached hydrogen (secondary N) is 1. The molecule has 0 radical (unpaired) electrons. The van der Waals surface area contributed by atoms with E-state index in [0.29, 0.717) is 17.4 Å². The number of carbonyl (C=O) groups excluding carboxylic acids is 1. The molecule has 0 aromatic heterocycles. The van der Waals surface area contributed by atoms with Gasteiger partial charge >= 0.3 is 0 Å². The number of amides is 1. The highest BCUT2D eigenvalue weighted by molar-refractivity contribution is 9.10. The maximum absolute atomic E-state index is 12.5. The van der Waals surface area contributed by atoms with Gasteiger partial charge < -0.3 is 15.8 Å². The quantitative estimate of drug-likeness (QED) is 0.887. The van der Waals surface area contributed by atoms with Crippen LogP contribution >= 0.6 is 15.9 Å². The number of hydrogen-bond donors (Lipinski definition) is 2. The van der Waals surface area contributed by atoms with Crippen molar-refractivity contribution in [1.29, 1.82) is 0 Å². The Morgan fingerprint density at radius 3 is 2.90 bits per heavy atom. The molecule has 0 saturated heterocycles. The lowest BCUT2D eigenvalue weighted by Crippen LogP contribution is -2.53. The van der Waals surface area contributed by atoms with E-state index in [4.69, 9.17) is 10.5 Å². The molecule has 20 heavy (non-hydrogen) atoms. The van der Waals surface area contributed by atoms with Crippen LogP contribution in [-0.4, -0.2) is 18.6 Å². The van der Waals surface area contributed by atoms with Crippen LogP contribution in [0, 0.1) is 5.92 Å². The summed E-state index contributed by atoms with van der Waals surface area (Å²) in [7, 11) is 1.60. The van der Waals surface area contributed by atoms with Gasteiger partial charge in [0.2, 0.25) is 5.91 Å². The van der Waals surface area contributed by atoms with E-state index in [1.807, 2.05) is 12.1 Å². The van der Waals surface area contributed by atoms with E-state index in [0.717, 1.165) is 30.2 Å². The first-order chi connectivity index (χ1) is 9.43. The van der Waals surface area contributed by atoms with Gasteiger partial charge in [-0.15, -0.1) is 0 Å². The second-order valence-corrected chi connectivity index (χ2v) is 6.61. The van der Waals surface area contributed by atoms with Crippen LogP contribution in [0.2, 0.25) is 0 Å². The van der Waals surface area contributed by atoms with Crippen molar-refractivity contribution in [3.05, 3.63) is 22.7 Å². The summed E-state index contributed by atoms with van der Waals surface area (Å²) >= 11 is 3.40. The number of rotatable bonds is 3. The van der Waals surface area contributed by atoms with E-state index in [-0.39, 0.29) is 5.91 Å². The molecule has 0 heterocycles. The molecule has 3 N–H and O–H groups in total. The van der Waals surface area contributed by atoms with Crippen molar-refractivity contribution in [2.45, 2.75) is 38.1 Å². The van der Waals surface area contributed by atoms with Crippen LogP contribution in [0.1, 0.15) is 32.6 Å². The number of methoxy groups -OCH3 is 1. The van der Waals surface area contributed by atoms with Gasteiger partial charge in [0.25, 0.3) is 0 Å². The fraction of sp³-hybridized carbons (Fsp3) is 0.533. The lowest BCUT2D eigenvalue weighted by atomic mass is 9.76. The van der Waals surface area contributed by atoms with Crippen LogP contribution in [0.4, 0.5) is 5.69 Å². The van der Waals surface area contributed by atoms with Crippen LogP contribution in [0.15, 0.2) is 22.7 Å². The highest BCUT2D eigenvalue weighted by Crippen LogP contribution is 2.32. The molecule has 0 spiro atoms. The molecule has 1 fully saturated rings. The molecule has 2 unspecified atom stereocenters. The molecule has 0 bridgehead atoms. The largest absolute Gasteiger partial charge is 0.497 e. The Hall–Kier alpha value is -1.07. The van der Waals surface area contributed by atoms with Crippen molar-refractivity contribution in [3.63, 3.8) is 0 Å². The first-order valence-electron chi connectivity index (χ1n) is 6.88. The van der Waals surface area contributed by atoms with E-state index < -0.39 is 5.54 Å². The number of hydrogen-bond acceptors (Lipinski definition) is 3. The lowest BCUT2D eigenvalue weighted by Gasteiger charge is -2.35. The molecule has 2 rings (SSSR count). The zero-order valence-corrected chi connectivity index (χ0v) is 13.5. The Balaban J connectivity index is 2.13. The average Bonchev–Trinajstić information content (AvgIpc) is 2.37. The van der Waals surface area contributed by atoms with E-state index in [1.165, 1.54) is 0 Å². The Morgan fingerprint density at radius 1 is 1.50 bits per heavy atom. The van der Waals surface area contributed by atoms with E-state index in [9.17, 15) is 4.79 Å². The summed E-state index contributed by atoms with van der Waals surface area (Å²) < 4.78 is 6.05. The number of benzene rings is 1. The number of anilines is 1.